The summed E-state index contributed by atoms with van der Waals surface area (Å²) in [5, 5.41) is 10.2. The average molecular weight is 256 g/mol. The van der Waals surface area contributed by atoms with E-state index in [2.05, 4.69) is 0 Å². The number of ether oxygens (including phenoxy) is 1. The van der Waals surface area contributed by atoms with Crippen LogP contribution in [-0.4, -0.2) is 17.5 Å². The molecule has 0 bridgehead atoms. The molecule has 0 radical (unpaired) electrons. The SMILES string of the molecule is O=C(C1=CC=C/C1=C(/O)C1=CCCO1)c1ccco1. The molecule has 2 aliphatic rings. The number of rotatable bonds is 3. The zero-order valence-corrected chi connectivity index (χ0v) is 10.1. The fourth-order valence-corrected chi connectivity index (χ4v) is 2.08. The molecule has 19 heavy (non-hydrogen) atoms. The van der Waals surface area contributed by atoms with Gasteiger partial charge in [-0.15, -0.1) is 0 Å². The Morgan fingerprint density at radius 3 is 2.95 bits per heavy atom. The van der Waals surface area contributed by atoms with E-state index < -0.39 is 0 Å². The number of carbonyl (C=O) groups excluding carboxylic acids is 1. The average Bonchev–Trinajstić information content (AvgIpc) is 3.16. The monoisotopic (exact) mass is 256 g/mol. The van der Waals surface area contributed by atoms with Gasteiger partial charge in [0.1, 0.15) is 0 Å². The number of furan rings is 1. The largest absolute Gasteiger partial charge is 0.504 e. The molecule has 1 aliphatic heterocycles. The molecule has 0 fully saturated rings. The van der Waals surface area contributed by atoms with Crippen LogP contribution >= 0.6 is 0 Å². The third-order valence-electron chi connectivity index (χ3n) is 3.00. The van der Waals surface area contributed by atoms with Crippen molar-refractivity contribution in [2.75, 3.05) is 6.61 Å². The first-order chi connectivity index (χ1) is 9.27. The van der Waals surface area contributed by atoms with Gasteiger partial charge < -0.3 is 14.3 Å². The Morgan fingerprint density at radius 2 is 2.26 bits per heavy atom. The summed E-state index contributed by atoms with van der Waals surface area (Å²) in [6.07, 6.45) is 9.09. The van der Waals surface area contributed by atoms with Crippen molar-refractivity contribution < 1.29 is 19.1 Å². The molecule has 1 aromatic rings. The Kier molecular flexibility index (Phi) is 2.83. The summed E-state index contributed by atoms with van der Waals surface area (Å²) in [5.74, 6) is 0.425. The predicted molar refractivity (Wildman–Crippen MR) is 68.6 cm³/mol. The first-order valence-corrected chi connectivity index (χ1v) is 6.01. The number of aliphatic hydroxyl groups is 1. The lowest BCUT2D eigenvalue weighted by Crippen LogP contribution is -2.05. The fraction of sp³-hybridized carbons (Fsp3) is 0.133. The minimum absolute atomic E-state index is 0.00240. The van der Waals surface area contributed by atoms with Crippen molar-refractivity contribution >= 4 is 5.78 Å². The number of Topliss-reactive ketones (excluding diaryl/α,β-unsaturated/α-hetero) is 1. The molecular formula is C15H12O4. The summed E-state index contributed by atoms with van der Waals surface area (Å²) in [7, 11) is 0. The van der Waals surface area contributed by atoms with Gasteiger partial charge in [-0.2, -0.15) is 0 Å². The molecule has 96 valence electrons. The molecule has 1 N–H and O–H groups in total. The highest BCUT2D eigenvalue weighted by Crippen LogP contribution is 2.29. The van der Waals surface area contributed by atoms with Crippen LogP contribution in [0.25, 0.3) is 0 Å². The van der Waals surface area contributed by atoms with Gasteiger partial charge in [-0.1, -0.05) is 18.2 Å². The standard InChI is InChI=1S/C15H12O4/c16-14(12-6-2-8-18-12)10-4-1-5-11(10)15(17)13-7-3-9-19-13/h1-2,4-8,17H,3,9H2/b15-11-. The molecule has 0 saturated carbocycles. The number of carbonyl (C=O) groups is 1. The van der Waals surface area contributed by atoms with Crippen molar-refractivity contribution in [3.05, 3.63) is 71.1 Å². The highest BCUT2D eigenvalue weighted by atomic mass is 16.5. The van der Waals surface area contributed by atoms with E-state index >= 15 is 0 Å². The third kappa shape index (κ3) is 2.01. The van der Waals surface area contributed by atoms with Crippen LogP contribution in [0.4, 0.5) is 0 Å². The summed E-state index contributed by atoms with van der Waals surface area (Å²) < 4.78 is 10.4. The van der Waals surface area contributed by atoms with Crippen molar-refractivity contribution in [2.45, 2.75) is 6.42 Å². The first-order valence-electron chi connectivity index (χ1n) is 6.01. The summed E-state index contributed by atoms with van der Waals surface area (Å²) in [4.78, 5) is 12.2. The Hall–Kier alpha value is -2.49. The highest BCUT2D eigenvalue weighted by molar-refractivity contribution is 6.11. The van der Waals surface area contributed by atoms with Crippen LogP contribution in [0.3, 0.4) is 0 Å². The molecule has 1 aromatic heterocycles. The minimum Gasteiger partial charge on any atom is -0.504 e. The topological polar surface area (TPSA) is 59.7 Å². The van der Waals surface area contributed by atoms with E-state index in [1.807, 2.05) is 6.08 Å². The molecule has 0 spiro atoms. The Bertz CT molecular complexity index is 627. The lowest BCUT2D eigenvalue weighted by Gasteiger charge is -2.08. The number of ketones is 1. The number of hydrogen-bond acceptors (Lipinski definition) is 4. The second-order valence-electron chi connectivity index (χ2n) is 4.21. The van der Waals surface area contributed by atoms with Crippen LogP contribution in [0.1, 0.15) is 17.0 Å². The fourth-order valence-electron chi connectivity index (χ4n) is 2.08. The van der Waals surface area contributed by atoms with Crippen molar-refractivity contribution in [1.82, 2.24) is 0 Å². The van der Waals surface area contributed by atoms with Gasteiger partial charge in [-0.05, 0) is 18.2 Å². The predicted octanol–water partition coefficient (Wildman–Crippen LogP) is 3.07. The van der Waals surface area contributed by atoms with E-state index in [-0.39, 0.29) is 17.3 Å². The molecule has 4 heteroatoms. The summed E-state index contributed by atoms with van der Waals surface area (Å²) >= 11 is 0. The summed E-state index contributed by atoms with van der Waals surface area (Å²) in [6, 6.07) is 3.25. The number of hydrogen-bond donors (Lipinski definition) is 1. The van der Waals surface area contributed by atoms with E-state index in [9.17, 15) is 9.90 Å². The maximum Gasteiger partial charge on any atom is 0.228 e. The van der Waals surface area contributed by atoms with Gasteiger partial charge in [0.05, 0.1) is 12.9 Å². The molecule has 1 aliphatic carbocycles. The van der Waals surface area contributed by atoms with E-state index in [1.54, 1.807) is 30.4 Å². The minimum atomic E-state index is -0.254. The Labute approximate surface area is 110 Å². The molecule has 0 atom stereocenters. The molecule has 4 nitrogen and oxygen atoms in total. The van der Waals surface area contributed by atoms with Gasteiger partial charge in [0, 0.05) is 17.6 Å². The van der Waals surface area contributed by atoms with Crippen molar-refractivity contribution in [2.24, 2.45) is 0 Å². The van der Waals surface area contributed by atoms with Crippen LogP contribution in [0.15, 0.2) is 69.8 Å². The third-order valence-corrected chi connectivity index (χ3v) is 3.00. The first kappa shape index (κ1) is 11.6. The van der Waals surface area contributed by atoms with Crippen molar-refractivity contribution in [3.63, 3.8) is 0 Å². The van der Waals surface area contributed by atoms with Crippen LogP contribution in [0.5, 0.6) is 0 Å². The zero-order valence-electron chi connectivity index (χ0n) is 10.1. The maximum atomic E-state index is 12.2. The summed E-state index contributed by atoms with van der Waals surface area (Å²) in [6.45, 7) is 0.557. The van der Waals surface area contributed by atoms with Crippen LogP contribution < -0.4 is 0 Å². The quantitative estimate of drug-likeness (QED) is 0.667. The maximum absolute atomic E-state index is 12.2. The van der Waals surface area contributed by atoms with Crippen LogP contribution in [-0.2, 0) is 4.74 Å². The summed E-state index contributed by atoms with van der Waals surface area (Å²) in [5.41, 5.74) is 0.874. The lowest BCUT2D eigenvalue weighted by molar-refractivity contribution is 0.101. The van der Waals surface area contributed by atoms with Gasteiger partial charge in [-0.3, -0.25) is 4.79 Å². The molecule has 0 saturated heterocycles. The van der Waals surface area contributed by atoms with Crippen LogP contribution in [0, 0.1) is 0 Å². The van der Waals surface area contributed by atoms with Gasteiger partial charge in [0.2, 0.25) is 5.78 Å². The van der Waals surface area contributed by atoms with Crippen molar-refractivity contribution in [3.8, 4) is 0 Å². The lowest BCUT2D eigenvalue weighted by atomic mass is 10.0. The molecule has 3 rings (SSSR count). The van der Waals surface area contributed by atoms with Gasteiger partial charge in [-0.25, -0.2) is 0 Å². The molecule has 0 unspecified atom stereocenters. The van der Waals surface area contributed by atoms with E-state index in [1.165, 1.54) is 6.26 Å². The molecular weight excluding hydrogens is 244 g/mol. The number of aliphatic hydroxyl groups excluding tert-OH is 1. The van der Waals surface area contributed by atoms with E-state index in [0.717, 1.165) is 6.42 Å². The Morgan fingerprint density at radius 1 is 1.37 bits per heavy atom. The van der Waals surface area contributed by atoms with Crippen molar-refractivity contribution in [1.29, 1.82) is 0 Å². The Balaban J connectivity index is 1.95. The second-order valence-corrected chi connectivity index (χ2v) is 4.21. The number of allylic oxidation sites excluding steroid dienone is 5. The highest BCUT2D eigenvalue weighted by Gasteiger charge is 2.24. The smallest absolute Gasteiger partial charge is 0.228 e. The van der Waals surface area contributed by atoms with Gasteiger partial charge in [0.15, 0.2) is 17.3 Å². The zero-order chi connectivity index (χ0) is 13.2. The molecule has 0 amide bonds. The second kappa shape index (κ2) is 4.65. The van der Waals surface area contributed by atoms with E-state index in [4.69, 9.17) is 9.15 Å². The van der Waals surface area contributed by atoms with Gasteiger partial charge in [0.25, 0.3) is 0 Å². The molecule has 2 heterocycles. The normalized spacial score (nSPS) is 20.0. The molecule has 0 aromatic carbocycles. The van der Waals surface area contributed by atoms with Gasteiger partial charge >= 0.3 is 0 Å². The van der Waals surface area contributed by atoms with Crippen LogP contribution in [0.2, 0.25) is 0 Å². The van der Waals surface area contributed by atoms with E-state index in [0.29, 0.717) is 23.5 Å².